The lowest BCUT2D eigenvalue weighted by Gasteiger charge is -2.37. The Morgan fingerprint density at radius 3 is 2.31 bits per heavy atom. The number of likely N-dealkylation sites (tertiary alicyclic amines) is 1. The van der Waals surface area contributed by atoms with Crippen LogP contribution in [0.2, 0.25) is 0 Å². The molecular formula is C31H44N4O7. The molecule has 2 saturated heterocycles. The number of methoxy groups -OCH3 is 2. The largest absolute Gasteiger partial charge is 0.493 e. The molecule has 11 nitrogen and oxygen atoms in total. The van der Waals surface area contributed by atoms with Crippen LogP contribution in [0.1, 0.15) is 39.5 Å². The molecule has 2 aromatic rings. The smallest absolute Gasteiger partial charge is 0.311 e. The minimum absolute atomic E-state index is 0.0522. The van der Waals surface area contributed by atoms with Crippen LogP contribution < -0.4 is 23.8 Å². The van der Waals surface area contributed by atoms with E-state index < -0.39 is 4.92 Å². The second kappa shape index (κ2) is 14.9. The fourth-order valence-electron chi connectivity index (χ4n) is 5.32. The second-order valence-electron chi connectivity index (χ2n) is 11.2. The van der Waals surface area contributed by atoms with E-state index in [4.69, 9.17) is 18.9 Å². The zero-order valence-corrected chi connectivity index (χ0v) is 25.3. The maximum Gasteiger partial charge on any atom is 0.311 e. The molecule has 42 heavy (non-hydrogen) atoms. The molecule has 0 bridgehead atoms. The van der Waals surface area contributed by atoms with Crippen LogP contribution in [0.25, 0.3) is 0 Å². The van der Waals surface area contributed by atoms with Gasteiger partial charge in [0.25, 0.3) is 0 Å². The molecule has 0 N–H and O–H groups in total. The van der Waals surface area contributed by atoms with Crippen molar-refractivity contribution in [3.8, 4) is 23.0 Å². The molecule has 0 saturated carbocycles. The highest BCUT2D eigenvalue weighted by atomic mass is 16.6. The van der Waals surface area contributed by atoms with Gasteiger partial charge < -0.3 is 28.7 Å². The van der Waals surface area contributed by atoms with E-state index in [1.54, 1.807) is 26.4 Å². The molecule has 2 aliphatic heterocycles. The number of carbonyl (C=O) groups is 1. The zero-order valence-electron chi connectivity index (χ0n) is 25.3. The van der Waals surface area contributed by atoms with Crippen molar-refractivity contribution >= 4 is 17.3 Å². The van der Waals surface area contributed by atoms with Gasteiger partial charge in [-0.2, -0.15) is 0 Å². The Hall–Kier alpha value is -3.73. The SMILES string of the molecule is COc1ccc(N2CCN(CCC(=O)N3CCC(Oc4ccc([N+](=O)[O-])c(OCCC(C)C)c4)CC3)CC2)cc1OC. The van der Waals surface area contributed by atoms with Crippen LogP contribution in [-0.2, 0) is 4.79 Å². The van der Waals surface area contributed by atoms with Gasteiger partial charge in [0.05, 0.1) is 25.7 Å². The number of carbonyl (C=O) groups excluding carboxylic acids is 1. The third-order valence-electron chi connectivity index (χ3n) is 7.92. The molecule has 0 unspecified atom stereocenters. The van der Waals surface area contributed by atoms with Crippen molar-refractivity contribution < 1.29 is 28.7 Å². The van der Waals surface area contributed by atoms with Crippen molar-refractivity contribution in [1.82, 2.24) is 9.80 Å². The number of rotatable bonds is 13. The zero-order chi connectivity index (χ0) is 30.1. The average molecular weight is 585 g/mol. The summed E-state index contributed by atoms with van der Waals surface area (Å²) < 4.78 is 22.7. The number of nitrogens with zero attached hydrogens (tertiary/aromatic N) is 4. The van der Waals surface area contributed by atoms with Crippen LogP contribution in [0, 0.1) is 16.0 Å². The molecule has 0 aliphatic carbocycles. The summed E-state index contributed by atoms with van der Waals surface area (Å²) in [5.41, 5.74) is 1.05. The number of hydrogen-bond donors (Lipinski definition) is 0. The van der Waals surface area contributed by atoms with Gasteiger partial charge in [0.1, 0.15) is 11.9 Å². The van der Waals surface area contributed by atoms with E-state index >= 15 is 0 Å². The lowest BCUT2D eigenvalue weighted by Crippen LogP contribution is -2.48. The Labute approximate surface area is 248 Å². The molecule has 230 valence electrons. The van der Waals surface area contributed by atoms with Crippen LogP contribution in [-0.4, -0.2) is 93.4 Å². The van der Waals surface area contributed by atoms with E-state index in [1.165, 1.54) is 6.07 Å². The van der Waals surface area contributed by atoms with Crippen LogP contribution in [0.15, 0.2) is 36.4 Å². The number of nitro benzene ring substituents is 1. The van der Waals surface area contributed by atoms with Crippen LogP contribution in [0.4, 0.5) is 11.4 Å². The first-order chi connectivity index (χ1) is 20.3. The van der Waals surface area contributed by atoms with Gasteiger partial charge in [0.2, 0.25) is 11.7 Å². The second-order valence-corrected chi connectivity index (χ2v) is 11.2. The molecule has 1 amide bonds. The monoisotopic (exact) mass is 584 g/mol. The number of ether oxygens (including phenoxy) is 4. The van der Waals surface area contributed by atoms with Crippen LogP contribution in [0.5, 0.6) is 23.0 Å². The Bertz CT molecular complexity index is 1190. The molecule has 4 rings (SSSR count). The first-order valence-corrected chi connectivity index (χ1v) is 14.8. The fourth-order valence-corrected chi connectivity index (χ4v) is 5.32. The van der Waals surface area contributed by atoms with Crippen molar-refractivity contribution in [2.24, 2.45) is 5.92 Å². The van der Waals surface area contributed by atoms with Crippen LogP contribution >= 0.6 is 0 Å². The third kappa shape index (κ3) is 8.40. The summed E-state index contributed by atoms with van der Waals surface area (Å²) >= 11 is 0. The number of piperidine rings is 1. The highest BCUT2D eigenvalue weighted by molar-refractivity contribution is 5.76. The number of hydrogen-bond acceptors (Lipinski definition) is 9. The highest BCUT2D eigenvalue weighted by Crippen LogP contribution is 2.33. The van der Waals surface area contributed by atoms with Crippen molar-refractivity contribution in [3.63, 3.8) is 0 Å². The lowest BCUT2D eigenvalue weighted by atomic mass is 10.1. The minimum atomic E-state index is -0.434. The number of anilines is 1. The van der Waals surface area contributed by atoms with E-state index in [1.807, 2.05) is 17.0 Å². The van der Waals surface area contributed by atoms with Gasteiger partial charge in [-0.3, -0.25) is 19.8 Å². The fraction of sp³-hybridized carbons (Fsp3) is 0.581. The summed E-state index contributed by atoms with van der Waals surface area (Å²) in [7, 11) is 3.28. The summed E-state index contributed by atoms with van der Waals surface area (Å²) in [6.45, 7) is 10.2. The van der Waals surface area contributed by atoms with Gasteiger partial charge >= 0.3 is 5.69 Å². The molecule has 0 aromatic heterocycles. The highest BCUT2D eigenvalue weighted by Gasteiger charge is 2.26. The van der Waals surface area contributed by atoms with Crippen molar-refractivity contribution in [2.45, 2.75) is 45.6 Å². The number of nitro groups is 1. The Morgan fingerprint density at radius 2 is 1.67 bits per heavy atom. The van der Waals surface area contributed by atoms with E-state index in [0.29, 0.717) is 37.8 Å². The first kappa shape index (κ1) is 31.2. The molecule has 2 heterocycles. The summed E-state index contributed by atoms with van der Waals surface area (Å²) in [6, 6.07) is 10.7. The van der Waals surface area contributed by atoms with Crippen LogP contribution in [0.3, 0.4) is 0 Å². The lowest BCUT2D eigenvalue weighted by molar-refractivity contribution is -0.385. The van der Waals surface area contributed by atoms with E-state index in [-0.39, 0.29) is 23.4 Å². The van der Waals surface area contributed by atoms with Gasteiger partial charge in [0, 0.05) is 89.0 Å². The maximum atomic E-state index is 13.0. The van der Waals surface area contributed by atoms with E-state index in [0.717, 1.165) is 69.2 Å². The molecule has 0 radical (unpaired) electrons. The molecular weight excluding hydrogens is 540 g/mol. The standard InChI is InChI=1S/C31H44N4O7/c1-23(2)12-20-41-29-22-26(6-7-27(29)35(37)38)42-25-9-14-34(15-10-25)31(36)11-13-32-16-18-33(19-17-32)24-5-8-28(39-3)30(21-24)40-4/h5-8,21-23,25H,9-20H2,1-4H3. The number of amides is 1. The number of benzene rings is 2. The normalized spacial score (nSPS) is 16.4. The molecule has 2 aliphatic rings. The third-order valence-corrected chi connectivity index (χ3v) is 7.92. The number of piperazine rings is 1. The summed E-state index contributed by atoms with van der Waals surface area (Å²) in [5.74, 6) is 2.84. The summed E-state index contributed by atoms with van der Waals surface area (Å²) in [6.07, 6.45) is 2.70. The predicted octanol–water partition coefficient (Wildman–Crippen LogP) is 4.62. The van der Waals surface area contributed by atoms with Crippen molar-refractivity contribution in [2.75, 3.05) is 71.5 Å². The molecule has 0 atom stereocenters. The van der Waals surface area contributed by atoms with Gasteiger partial charge in [-0.25, -0.2) is 0 Å². The average Bonchev–Trinajstić information content (AvgIpc) is 3.00. The molecule has 2 fully saturated rings. The quantitative estimate of drug-likeness (QED) is 0.246. The Kier molecular flexibility index (Phi) is 11.1. The van der Waals surface area contributed by atoms with Gasteiger partial charge in [-0.05, 0) is 30.5 Å². The summed E-state index contributed by atoms with van der Waals surface area (Å²) in [4.78, 5) is 30.6. The molecule has 11 heteroatoms. The minimum Gasteiger partial charge on any atom is -0.493 e. The Balaban J connectivity index is 1.19. The Morgan fingerprint density at radius 1 is 0.952 bits per heavy atom. The molecule has 0 spiro atoms. The first-order valence-electron chi connectivity index (χ1n) is 14.8. The molecule has 2 aromatic carbocycles. The van der Waals surface area contributed by atoms with Crippen molar-refractivity contribution in [1.29, 1.82) is 0 Å². The maximum absolute atomic E-state index is 13.0. The summed E-state index contributed by atoms with van der Waals surface area (Å²) in [5, 5.41) is 11.4. The van der Waals surface area contributed by atoms with Crippen molar-refractivity contribution in [3.05, 3.63) is 46.5 Å². The van der Waals surface area contributed by atoms with Gasteiger partial charge in [-0.1, -0.05) is 13.8 Å². The van der Waals surface area contributed by atoms with Gasteiger partial charge in [-0.15, -0.1) is 0 Å². The predicted molar refractivity (Wildman–Crippen MR) is 161 cm³/mol. The topological polar surface area (TPSA) is 107 Å². The van der Waals surface area contributed by atoms with Gasteiger partial charge in [0.15, 0.2) is 11.5 Å². The van der Waals surface area contributed by atoms with E-state index in [9.17, 15) is 14.9 Å². The van der Waals surface area contributed by atoms with E-state index in [2.05, 4.69) is 29.7 Å².